The van der Waals surface area contributed by atoms with E-state index in [9.17, 15) is 0 Å². The molecule has 0 atom stereocenters. The third-order valence-electron chi connectivity index (χ3n) is 10.5. The van der Waals surface area contributed by atoms with E-state index in [4.69, 9.17) is 16.8 Å². The quantitative estimate of drug-likeness (QED) is 0.189. The molecule has 0 amide bonds. The molecule has 230 valence electrons. The largest absolute Gasteiger partial charge is 0.307 e. The van der Waals surface area contributed by atoms with Crippen molar-refractivity contribution in [3.63, 3.8) is 0 Å². The molecule has 0 N–H and O–H groups in total. The highest BCUT2D eigenvalue weighted by atomic mass is 15.2. The zero-order valence-corrected chi connectivity index (χ0v) is 26.4. The molecule has 4 aromatic heterocycles. The van der Waals surface area contributed by atoms with Crippen molar-refractivity contribution in [2.45, 2.75) is 0 Å². The molecule has 0 bridgehead atoms. The second kappa shape index (κ2) is 9.43. The van der Waals surface area contributed by atoms with Crippen LogP contribution in [0.2, 0.25) is 0 Å². The van der Waals surface area contributed by atoms with Crippen molar-refractivity contribution in [1.29, 1.82) is 0 Å². The van der Waals surface area contributed by atoms with Gasteiger partial charge in [0.1, 0.15) is 0 Å². The molecular formula is C46H26N4. The molecule has 0 saturated carbocycles. The van der Waals surface area contributed by atoms with Crippen LogP contribution in [0.25, 0.3) is 110 Å². The van der Waals surface area contributed by atoms with Crippen LogP contribution in [-0.4, -0.2) is 18.9 Å². The maximum absolute atomic E-state index is 8.96. The van der Waals surface area contributed by atoms with E-state index in [0.29, 0.717) is 16.9 Å². The first-order valence-electron chi connectivity index (χ1n) is 19.2. The van der Waals surface area contributed by atoms with Crippen LogP contribution >= 0.6 is 0 Å². The fraction of sp³-hybridized carbons (Fsp3) is 0. The first-order valence-corrected chi connectivity index (χ1v) is 16.7. The molecule has 50 heavy (non-hydrogen) atoms. The Bertz CT molecular complexity index is 3650. The third kappa shape index (κ3) is 3.21. The highest BCUT2D eigenvalue weighted by Gasteiger charge is 2.27. The Morgan fingerprint density at radius 1 is 0.440 bits per heavy atom. The second-order valence-electron chi connectivity index (χ2n) is 13.0. The molecule has 8 aromatic carbocycles. The first-order chi connectivity index (χ1) is 26.9. The van der Waals surface area contributed by atoms with Gasteiger partial charge in [-0.2, -0.15) is 0 Å². The summed E-state index contributed by atoms with van der Waals surface area (Å²) in [5.41, 5.74) is 6.25. The van der Waals surface area contributed by atoms with Gasteiger partial charge in [-0.05, 0) is 29.0 Å². The fourth-order valence-electron chi connectivity index (χ4n) is 8.59. The Labute approximate surface area is 292 Å². The minimum Gasteiger partial charge on any atom is -0.307 e. The van der Waals surface area contributed by atoms with Crippen molar-refractivity contribution in [3.8, 4) is 17.2 Å². The molecule has 12 rings (SSSR count). The Morgan fingerprint density at radius 2 is 1.10 bits per heavy atom. The van der Waals surface area contributed by atoms with Crippen molar-refractivity contribution < 1.29 is 6.85 Å². The van der Waals surface area contributed by atoms with Crippen LogP contribution in [0, 0.1) is 0 Å². The molecule has 0 saturated heterocycles. The minimum absolute atomic E-state index is 0.0423. The van der Waals surface area contributed by atoms with E-state index in [1.807, 2.05) is 24.3 Å². The smallest absolute Gasteiger partial charge is 0.235 e. The summed E-state index contributed by atoms with van der Waals surface area (Å²) in [4.78, 5) is 10.4. The van der Waals surface area contributed by atoms with Crippen LogP contribution in [-0.2, 0) is 0 Å². The fourth-order valence-corrected chi connectivity index (χ4v) is 8.59. The van der Waals surface area contributed by atoms with Gasteiger partial charge >= 0.3 is 0 Å². The van der Waals surface area contributed by atoms with E-state index in [1.54, 1.807) is 0 Å². The van der Waals surface area contributed by atoms with E-state index >= 15 is 0 Å². The molecule has 0 fully saturated rings. The molecule has 4 heterocycles. The third-order valence-corrected chi connectivity index (χ3v) is 10.5. The van der Waals surface area contributed by atoms with Crippen molar-refractivity contribution in [2.75, 3.05) is 0 Å². The number of nitrogens with zero attached hydrogens (tertiary/aromatic N) is 4. The van der Waals surface area contributed by atoms with Crippen LogP contribution in [0.3, 0.4) is 0 Å². The van der Waals surface area contributed by atoms with E-state index < -0.39 is 18.1 Å². The maximum Gasteiger partial charge on any atom is 0.235 e. The average molecular weight is 640 g/mol. The lowest BCUT2D eigenvalue weighted by Gasteiger charge is -2.13. The SMILES string of the molecule is [2H]c1c([2H])c([2H])c(-c2nc(-n3c4ccc5ccccc5c4c4c5c6cccc7c8ccccc8n(c76)c5c5ccccc5c43)nc3ccccc23)c([2H])c1[2H]. The lowest BCUT2D eigenvalue weighted by atomic mass is 9.96. The Balaban J connectivity index is 1.36. The number of aromatic nitrogens is 4. The van der Waals surface area contributed by atoms with Crippen LogP contribution in [0.4, 0.5) is 0 Å². The van der Waals surface area contributed by atoms with Gasteiger partial charge in [-0.25, -0.2) is 9.97 Å². The summed E-state index contributed by atoms with van der Waals surface area (Å²) in [6.45, 7) is 0. The molecule has 0 unspecified atom stereocenters. The highest BCUT2D eigenvalue weighted by molar-refractivity contribution is 6.41. The van der Waals surface area contributed by atoms with E-state index in [1.165, 1.54) is 16.3 Å². The predicted molar refractivity (Wildman–Crippen MR) is 209 cm³/mol. The Morgan fingerprint density at radius 3 is 1.96 bits per heavy atom. The Kier molecular flexibility index (Phi) is 4.14. The highest BCUT2D eigenvalue weighted by Crippen LogP contribution is 2.49. The van der Waals surface area contributed by atoms with Gasteiger partial charge in [0.05, 0.1) is 45.6 Å². The summed E-state index contributed by atoms with van der Waals surface area (Å²) < 4.78 is 47.8. The van der Waals surface area contributed by atoms with Gasteiger partial charge in [0, 0.05) is 54.0 Å². The summed E-state index contributed by atoms with van der Waals surface area (Å²) in [7, 11) is 0. The zero-order valence-electron chi connectivity index (χ0n) is 31.4. The maximum atomic E-state index is 8.96. The molecule has 0 aliphatic heterocycles. The van der Waals surface area contributed by atoms with Gasteiger partial charge in [-0.3, -0.25) is 4.57 Å². The molecular weight excluding hydrogens is 609 g/mol. The van der Waals surface area contributed by atoms with E-state index in [2.05, 4.69) is 112 Å². The van der Waals surface area contributed by atoms with Crippen molar-refractivity contribution in [2.24, 2.45) is 0 Å². The molecule has 4 heteroatoms. The van der Waals surface area contributed by atoms with E-state index in [-0.39, 0.29) is 23.3 Å². The number of hydrogen-bond acceptors (Lipinski definition) is 2. The van der Waals surface area contributed by atoms with Gasteiger partial charge in [-0.1, -0.05) is 139 Å². The lowest BCUT2D eigenvalue weighted by molar-refractivity contribution is 1.02. The van der Waals surface area contributed by atoms with Gasteiger partial charge in [-0.15, -0.1) is 0 Å². The summed E-state index contributed by atoms with van der Waals surface area (Å²) in [6, 6.07) is 42.0. The summed E-state index contributed by atoms with van der Waals surface area (Å²) in [5.74, 6) is 0.349. The Hall–Kier alpha value is -6.78. The second-order valence-corrected chi connectivity index (χ2v) is 13.0. The molecule has 0 aliphatic carbocycles. The molecule has 0 spiro atoms. The summed E-state index contributed by atoms with van der Waals surface area (Å²) in [5, 5.41) is 11.8. The lowest BCUT2D eigenvalue weighted by Crippen LogP contribution is -2.04. The number of fused-ring (bicyclic) bond motifs is 16. The predicted octanol–water partition coefficient (Wildman–Crippen LogP) is 11.9. The summed E-state index contributed by atoms with van der Waals surface area (Å²) >= 11 is 0. The average Bonchev–Trinajstić information content (AvgIpc) is 3.88. The van der Waals surface area contributed by atoms with Crippen LogP contribution < -0.4 is 0 Å². The minimum atomic E-state index is -0.444. The number of hydrogen-bond donors (Lipinski definition) is 0. The monoisotopic (exact) mass is 639 g/mol. The number of rotatable bonds is 2. The zero-order chi connectivity index (χ0) is 36.9. The van der Waals surface area contributed by atoms with Crippen molar-refractivity contribution in [3.05, 3.63) is 158 Å². The first kappa shape index (κ1) is 22.0. The van der Waals surface area contributed by atoms with Crippen LogP contribution in [0.1, 0.15) is 6.85 Å². The van der Waals surface area contributed by atoms with Gasteiger partial charge in [0.25, 0.3) is 0 Å². The number of benzene rings is 8. The molecule has 4 nitrogen and oxygen atoms in total. The molecule has 0 aliphatic rings. The molecule has 0 radical (unpaired) electrons. The van der Waals surface area contributed by atoms with Crippen molar-refractivity contribution >= 4 is 92.3 Å². The van der Waals surface area contributed by atoms with Gasteiger partial charge in [0.2, 0.25) is 5.95 Å². The molecule has 12 aromatic rings. The van der Waals surface area contributed by atoms with Crippen LogP contribution in [0.5, 0.6) is 0 Å². The van der Waals surface area contributed by atoms with E-state index in [0.717, 1.165) is 65.2 Å². The van der Waals surface area contributed by atoms with Gasteiger partial charge in [0.15, 0.2) is 0 Å². The topological polar surface area (TPSA) is 35.1 Å². The summed E-state index contributed by atoms with van der Waals surface area (Å²) in [6.07, 6.45) is 0. The normalized spacial score (nSPS) is 13.8. The van der Waals surface area contributed by atoms with Crippen molar-refractivity contribution in [1.82, 2.24) is 18.9 Å². The van der Waals surface area contributed by atoms with Crippen LogP contribution in [0.15, 0.2) is 158 Å². The number of para-hydroxylation sites is 3. The van der Waals surface area contributed by atoms with Gasteiger partial charge < -0.3 is 4.40 Å². The standard InChI is InChI=1S/C46H26N4/c1-2-14-28(15-3-1)42-34-20-8-10-23-36(34)47-46(48-42)50-38-26-25-27-13-4-5-16-29(27)39(38)41-40-35-22-12-21-31-30-17-9-11-24-37(30)49(43(31)35)44(40)32-18-6-7-19-33(32)45(41)50/h1-26H/i1D,2D,3D,14D,15D.